The molecule has 1 unspecified atom stereocenters. The third-order valence-electron chi connectivity index (χ3n) is 3.09. The van der Waals surface area contributed by atoms with Gasteiger partial charge in [0.1, 0.15) is 0 Å². The molecule has 0 aromatic heterocycles. The van der Waals surface area contributed by atoms with Gasteiger partial charge >= 0.3 is 0 Å². The summed E-state index contributed by atoms with van der Waals surface area (Å²) >= 11 is 1.42. The van der Waals surface area contributed by atoms with Crippen LogP contribution in [0.25, 0.3) is 0 Å². The molecule has 1 N–H and O–H groups in total. The molecule has 7 heteroatoms. The number of imide groups is 1. The lowest BCUT2D eigenvalue weighted by molar-refractivity contribution is -0.138. The van der Waals surface area contributed by atoms with E-state index in [1.807, 2.05) is 6.26 Å². The first-order valence-electron chi connectivity index (χ1n) is 6.73. The molecule has 0 radical (unpaired) electrons. The molecule has 6 nitrogen and oxygen atoms in total. The van der Waals surface area contributed by atoms with Crippen LogP contribution in [0.2, 0.25) is 0 Å². The molecule has 0 saturated carbocycles. The number of likely N-dealkylation sites (tertiary alicyclic amines) is 1. The summed E-state index contributed by atoms with van der Waals surface area (Å²) in [5.41, 5.74) is 2.40. The van der Waals surface area contributed by atoms with Crippen molar-refractivity contribution in [3.05, 3.63) is 0 Å². The number of carbonyl (C=O) groups excluding carboxylic acids is 3. The molecule has 112 valence electrons. The number of hydrogen-bond donors (Lipinski definition) is 1. The van der Waals surface area contributed by atoms with Gasteiger partial charge in [-0.15, -0.1) is 0 Å². The number of nitrogens with zero attached hydrogens (tertiary/aromatic N) is 2. The number of nitrogens with one attached hydrogen (secondary N) is 1. The van der Waals surface area contributed by atoms with Crippen LogP contribution in [-0.2, 0) is 14.4 Å². The first kappa shape index (κ1) is 16.7. The van der Waals surface area contributed by atoms with E-state index in [2.05, 4.69) is 10.5 Å². The molecule has 0 aromatic carbocycles. The Bertz CT molecular complexity index is 398. The van der Waals surface area contributed by atoms with E-state index in [0.29, 0.717) is 19.4 Å². The lowest BCUT2D eigenvalue weighted by Gasteiger charge is -2.14. The predicted octanol–water partition coefficient (Wildman–Crippen LogP) is 1.16. The van der Waals surface area contributed by atoms with Crippen LogP contribution in [0.4, 0.5) is 0 Å². The number of hydrogen-bond acceptors (Lipinski definition) is 5. The van der Waals surface area contributed by atoms with Crippen molar-refractivity contribution in [3.63, 3.8) is 0 Å². The minimum Gasteiger partial charge on any atom is -0.282 e. The van der Waals surface area contributed by atoms with Crippen LogP contribution in [0.3, 0.4) is 0 Å². The molecule has 1 aliphatic rings. The number of amides is 3. The maximum atomic E-state index is 11.8. The number of hydrazone groups is 1. The summed E-state index contributed by atoms with van der Waals surface area (Å²) < 4.78 is 0. The Morgan fingerprint density at radius 1 is 1.45 bits per heavy atom. The molecule has 0 aromatic rings. The highest BCUT2D eigenvalue weighted by Crippen LogP contribution is 2.23. The molecule has 3 amide bonds. The first-order chi connectivity index (χ1) is 9.60. The summed E-state index contributed by atoms with van der Waals surface area (Å²) in [5, 5.41) is 3.44. The van der Waals surface area contributed by atoms with Gasteiger partial charge in [0.15, 0.2) is 0 Å². The van der Waals surface area contributed by atoms with Crippen LogP contribution in [-0.4, -0.2) is 46.9 Å². The second-order valence-electron chi connectivity index (χ2n) is 4.55. The lowest BCUT2D eigenvalue weighted by Crippen LogP contribution is -2.32. The highest BCUT2D eigenvalue weighted by atomic mass is 32.2. The number of carbonyl (C=O) groups is 3. The summed E-state index contributed by atoms with van der Waals surface area (Å²) in [6.45, 7) is 2.19. The minimum atomic E-state index is -0.208. The lowest BCUT2D eigenvalue weighted by atomic mass is 10.2. The molecule has 1 aliphatic heterocycles. The van der Waals surface area contributed by atoms with Crippen molar-refractivity contribution in [1.29, 1.82) is 0 Å². The van der Waals surface area contributed by atoms with Crippen LogP contribution in [0.1, 0.15) is 39.0 Å². The Morgan fingerprint density at radius 2 is 2.20 bits per heavy atom. The van der Waals surface area contributed by atoms with Crippen LogP contribution in [0, 0.1) is 0 Å². The van der Waals surface area contributed by atoms with Gasteiger partial charge in [-0.05, 0) is 26.0 Å². The van der Waals surface area contributed by atoms with Crippen molar-refractivity contribution in [3.8, 4) is 0 Å². The van der Waals surface area contributed by atoms with Gasteiger partial charge in [0.2, 0.25) is 17.7 Å². The maximum absolute atomic E-state index is 11.8. The summed E-state index contributed by atoms with van der Waals surface area (Å²) in [6.07, 6.45) is 6.37. The van der Waals surface area contributed by atoms with E-state index in [4.69, 9.17) is 0 Å². The molecule has 1 rings (SSSR count). The zero-order chi connectivity index (χ0) is 15.0. The zero-order valence-electron chi connectivity index (χ0n) is 11.9. The van der Waals surface area contributed by atoms with Crippen LogP contribution < -0.4 is 5.43 Å². The van der Waals surface area contributed by atoms with Crippen molar-refractivity contribution >= 4 is 35.7 Å². The fraction of sp³-hybridized carbons (Fsp3) is 0.692. The standard InChI is InChI=1S/C13H21N3O3S/c1-3-14-15-11(17)7-5-4-6-8-16-12(18)9-10(20-2)13(16)19/h3,10H,4-9H2,1-2H3,(H,15,17)/b14-3+. The average Bonchev–Trinajstić information content (AvgIpc) is 2.71. The second kappa shape index (κ2) is 8.73. The molecule has 0 spiro atoms. The van der Waals surface area contributed by atoms with Gasteiger partial charge in [-0.3, -0.25) is 19.3 Å². The molecule has 1 fully saturated rings. The van der Waals surface area contributed by atoms with Gasteiger partial charge in [0, 0.05) is 25.6 Å². The normalized spacial score (nSPS) is 19.1. The summed E-state index contributed by atoms with van der Waals surface area (Å²) in [5.74, 6) is -0.263. The minimum absolute atomic E-state index is 0.0717. The van der Waals surface area contributed by atoms with Crippen molar-refractivity contribution < 1.29 is 14.4 Å². The number of unbranched alkanes of at least 4 members (excludes halogenated alkanes) is 2. The van der Waals surface area contributed by atoms with Crippen LogP contribution in [0.5, 0.6) is 0 Å². The molecule has 0 bridgehead atoms. The van der Waals surface area contributed by atoms with Crippen LogP contribution in [0.15, 0.2) is 5.10 Å². The van der Waals surface area contributed by atoms with Gasteiger partial charge in [-0.2, -0.15) is 16.9 Å². The van der Waals surface area contributed by atoms with Gasteiger partial charge in [0.25, 0.3) is 0 Å². The fourth-order valence-electron chi connectivity index (χ4n) is 2.00. The van der Waals surface area contributed by atoms with E-state index in [9.17, 15) is 14.4 Å². The van der Waals surface area contributed by atoms with E-state index in [1.165, 1.54) is 22.9 Å². The molecule has 0 aliphatic carbocycles. The Kier molecular flexibility index (Phi) is 7.28. The number of rotatable bonds is 8. The quantitative estimate of drug-likeness (QED) is 0.316. The SMILES string of the molecule is C/C=N/NC(=O)CCCCCN1C(=O)CC(SC)C1=O. The number of thioether (sulfide) groups is 1. The van der Waals surface area contributed by atoms with Crippen molar-refractivity contribution in [2.75, 3.05) is 12.8 Å². The highest BCUT2D eigenvalue weighted by molar-refractivity contribution is 8.00. The Morgan fingerprint density at radius 3 is 2.80 bits per heavy atom. The second-order valence-corrected chi connectivity index (χ2v) is 5.59. The Labute approximate surface area is 123 Å². The highest BCUT2D eigenvalue weighted by Gasteiger charge is 2.37. The third kappa shape index (κ3) is 4.96. The Hall–Kier alpha value is -1.37. The molecule has 1 heterocycles. The first-order valence-corrected chi connectivity index (χ1v) is 8.02. The third-order valence-corrected chi connectivity index (χ3v) is 4.03. The Balaban J connectivity index is 2.17. The van der Waals surface area contributed by atoms with Crippen molar-refractivity contribution in [2.45, 2.75) is 44.3 Å². The fourth-order valence-corrected chi connectivity index (χ4v) is 2.63. The smallest absolute Gasteiger partial charge is 0.242 e. The maximum Gasteiger partial charge on any atom is 0.242 e. The van der Waals surface area contributed by atoms with Crippen molar-refractivity contribution in [1.82, 2.24) is 10.3 Å². The van der Waals surface area contributed by atoms with Crippen LogP contribution >= 0.6 is 11.8 Å². The zero-order valence-corrected chi connectivity index (χ0v) is 12.7. The molecular weight excluding hydrogens is 278 g/mol. The van der Waals surface area contributed by atoms with Gasteiger partial charge in [-0.25, -0.2) is 5.43 Å². The van der Waals surface area contributed by atoms with Gasteiger partial charge in [0.05, 0.1) is 5.25 Å². The largest absolute Gasteiger partial charge is 0.282 e. The van der Waals surface area contributed by atoms with Gasteiger partial charge in [-0.1, -0.05) is 6.42 Å². The van der Waals surface area contributed by atoms with E-state index >= 15 is 0 Å². The predicted molar refractivity (Wildman–Crippen MR) is 79.4 cm³/mol. The van der Waals surface area contributed by atoms with Crippen molar-refractivity contribution in [2.24, 2.45) is 5.10 Å². The molecule has 1 atom stereocenters. The molecule has 1 saturated heterocycles. The molecule has 20 heavy (non-hydrogen) atoms. The average molecular weight is 299 g/mol. The van der Waals surface area contributed by atoms with Gasteiger partial charge < -0.3 is 0 Å². The van der Waals surface area contributed by atoms with E-state index < -0.39 is 0 Å². The summed E-state index contributed by atoms with van der Waals surface area (Å²) in [6, 6.07) is 0. The molecular formula is C13H21N3O3S. The summed E-state index contributed by atoms with van der Waals surface area (Å²) in [7, 11) is 0. The van der Waals surface area contributed by atoms with E-state index in [-0.39, 0.29) is 23.0 Å². The monoisotopic (exact) mass is 299 g/mol. The van der Waals surface area contributed by atoms with E-state index in [0.717, 1.165) is 19.3 Å². The van der Waals surface area contributed by atoms with E-state index in [1.54, 1.807) is 6.92 Å². The summed E-state index contributed by atoms with van der Waals surface area (Å²) in [4.78, 5) is 36.1. The topological polar surface area (TPSA) is 78.8 Å².